The summed E-state index contributed by atoms with van der Waals surface area (Å²) in [5.41, 5.74) is 1.58. The molecule has 1 unspecified atom stereocenters. The quantitative estimate of drug-likeness (QED) is 0.244. The molecular formula is C15H20F4N2. The van der Waals surface area contributed by atoms with Crippen molar-refractivity contribution < 1.29 is 17.6 Å². The molecule has 118 valence electrons. The molecule has 0 fully saturated rings. The van der Waals surface area contributed by atoms with E-state index in [0.29, 0.717) is 12.0 Å². The Morgan fingerprint density at radius 3 is 2.52 bits per heavy atom. The van der Waals surface area contributed by atoms with Crippen LogP contribution >= 0.6 is 0 Å². The first-order valence-corrected chi connectivity index (χ1v) is 6.83. The van der Waals surface area contributed by atoms with E-state index in [9.17, 15) is 17.6 Å². The number of hydrazine groups is 1. The smallest absolute Gasteiger partial charge is 0.271 e. The van der Waals surface area contributed by atoms with E-state index in [2.05, 4.69) is 12.0 Å². The van der Waals surface area contributed by atoms with Crippen molar-refractivity contribution in [1.29, 1.82) is 0 Å². The minimum Gasteiger partial charge on any atom is -0.271 e. The van der Waals surface area contributed by atoms with Crippen molar-refractivity contribution in [3.63, 3.8) is 0 Å². The molecule has 0 saturated heterocycles. The fourth-order valence-corrected chi connectivity index (χ4v) is 2.14. The van der Waals surface area contributed by atoms with Crippen LogP contribution < -0.4 is 11.3 Å². The number of benzene rings is 1. The van der Waals surface area contributed by atoms with Crippen molar-refractivity contribution >= 4 is 0 Å². The molecule has 1 aromatic carbocycles. The number of hydrogen-bond donors (Lipinski definition) is 2. The molecule has 1 atom stereocenters. The van der Waals surface area contributed by atoms with E-state index in [0.717, 1.165) is 37.8 Å². The molecule has 0 aliphatic rings. The summed E-state index contributed by atoms with van der Waals surface area (Å²) in [6.45, 7) is 3.62. The molecule has 0 saturated carbocycles. The van der Waals surface area contributed by atoms with Crippen LogP contribution in [0.15, 0.2) is 30.9 Å². The number of alkyl halides is 3. The lowest BCUT2D eigenvalue weighted by Crippen LogP contribution is -2.28. The molecule has 0 heterocycles. The third kappa shape index (κ3) is 5.47. The Kier molecular flexibility index (Phi) is 6.84. The first kappa shape index (κ1) is 17.7. The Bertz CT molecular complexity index is 457. The number of unbranched alkanes of at least 4 members (excludes halogenated alkanes) is 3. The van der Waals surface area contributed by atoms with E-state index in [1.165, 1.54) is 6.07 Å². The molecule has 0 aliphatic heterocycles. The van der Waals surface area contributed by atoms with Gasteiger partial charge in [-0.05, 0) is 37.0 Å². The van der Waals surface area contributed by atoms with Gasteiger partial charge < -0.3 is 0 Å². The van der Waals surface area contributed by atoms with Gasteiger partial charge in [-0.1, -0.05) is 25.0 Å². The van der Waals surface area contributed by atoms with Gasteiger partial charge >= 0.3 is 6.18 Å². The van der Waals surface area contributed by atoms with Crippen molar-refractivity contribution in [3.8, 4) is 0 Å². The lowest BCUT2D eigenvalue weighted by atomic mass is 9.98. The van der Waals surface area contributed by atoms with E-state index in [1.54, 1.807) is 0 Å². The maximum absolute atomic E-state index is 13.2. The van der Waals surface area contributed by atoms with Gasteiger partial charge in [0.15, 0.2) is 0 Å². The average molecular weight is 304 g/mol. The van der Waals surface area contributed by atoms with Gasteiger partial charge in [-0.2, -0.15) is 13.2 Å². The van der Waals surface area contributed by atoms with Gasteiger partial charge in [0.2, 0.25) is 0 Å². The topological polar surface area (TPSA) is 38.0 Å². The molecule has 1 rings (SSSR count). The average Bonchev–Trinajstić information content (AvgIpc) is 2.42. The Hall–Kier alpha value is -1.40. The fraction of sp³-hybridized carbons (Fsp3) is 0.467. The van der Waals surface area contributed by atoms with E-state index >= 15 is 0 Å². The van der Waals surface area contributed by atoms with Crippen molar-refractivity contribution in [2.24, 2.45) is 5.84 Å². The lowest BCUT2D eigenvalue weighted by molar-refractivity contribution is -0.140. The first-order valence-electron chi connectivity index (χ1n) is 6.83. The van der Waals surface area contributed by atoms with Crippen LogP contribution in [-0.4, -0.2) is 0 Å². The zero-order valence-corrected chi connectivity index (χ0v) is 11.7. The van der Waals surface area contributed by atoms with E-state index in [-0.39, 0.29) is 0 Å². The fourth-order valence-electron chi connectivity index (χ4n) is 2.14. The molecule has 6 heteroatoms. The van der Waals surface area contributed by atoms with Crippen molar-refractivity contribution in [2.45, 2.75) is 44.3 Å². The molecule has 0 aromatic heterocycles. The number of rotatable bonds is 8. The van der Waals surface area contributed by atoms with Gasteiger partial charge in [0.25, 0.3) is 0 Å². The number of nitrogens with two attached hydrogens (primary N) is 1. The van der Waals surface area contributed by atoms with Crippen molar-refractivity contribution in [2.75, 3.05) is 0 Å². The highest BCUT2D eigenvalue weighted by molar-refractivity contribution is 5.29. The monoisotopic (exact) mass is 304 g/mol. The Morgan fingerprint density at radius 1 is 1.24 bits per heavy atom. The molecule has 0 bridgehead atoms. The van der Waals surface area contributed by atoms with Crippen LogP contribution in [0.2, 0.25) is 0 Å². The normalized spacial score (nSPS) is 13.2. The van der Waals surface area contributed by atoms with Crippen LogP contribution in [0.25, 0.3) is 0 Å². The van der Waals surface area contributed by atoms with Gasteiger partial charge in [0.05, 0.1) is 5.56 Å². The predicted octanol–water partition coefficient (Wildman–Crippen LogP) is 4.49. The lowest BCUT2D eigenvalue weighted by Gasteiger charge is -2.18. The van der Waals surface area contributed by atoms with Gasteiger partial charge in [-0.25, -0.2) is 4.39 Å². The SMILES string of the molecule is C=CCCCCCC(NN)c1ccc(F)c(C(F)(F)F)c1. The second-order valence-corrected chi connectivity index (χ2v) is 4.88. The summed E-state index contributed by atoms with van der Waals surface area (Å²) in [5.74, 6) is 4.13. The number of nitrogens with one attached hydrogen (secondary N) is 1. The zero-order chi connectivity index (χ0) is 15.9. The molecule has 0 amide bonds. The van der Waals surface area contributed by atoms with Crippen LogP contribution in [0.4, 0.5) is 17.6 Å². The Balaban J connectivity index is 2.74. The maximum Gasteiger partial charge on any atom is 0.419 e. The molecule has 0 aliphatic carbocycles. The zero-order valence-electron chi connectivity index (χ0n) is 11.7. The highest BCUT2D eigenvalue weighted by Gasteiger charge is 2.34. The summed E-state index contributed by atoms with van der Waals surface area (Å²) in [6.07, 6.45) is 1.38. The summed E-state index contributed by atoms with van der Waals surface area (Å²) < 4.78 is 51.3. The second-order valence-electron chi connectivity index (χ2n) is 4.88. The number of halogens is 4. The molecule has 0 radical (unpaired) electrons. The van der Waals surface area contributed by atoms with Gasteiger partial charge in [-0.15, -0.1) is 6.58 Å². The Labute approximate surface area is 122 Å². The Morgan fingerprint density at radius 2 is 1.95 bits per heavy atom. The summed E-state index contributed by atoms with van der Waals surface area (Å²) >= 11 is 0. The molecule has 1 aromatic rings. The number of hydrogen-bond acceptors (Lipinski definition) is 2. The first-order chi connectivity index (χ1) is 9.90. The molecule has 0 spiro atoms. The molecule has 3 N–H and O–H groups in total. The summed E-state index contributed by atoms with van der Waals surface area (Å²) in [4.78, 5) is 0. The van der Waals surface area contributed by atoms with E-state index in [4.69, 9.17) is 5.84 Å². The predicted molar refractivity (Wildman–Crippen MR) is 74.7 cm³/mol. The minimum atomic E-state index is -4.71. The maximum atomic E-state index is 13.2. The van der Waals surface area contributed by atoms with Crippen LogP contribution in [-0.2, 0) is 6.18 Å². The largest absolute Gasteiger partial charge is 0.419 e. The molecular weight excluding hydrogens is 284 g/mol. The van der Waals surface area contributed by atoms with Crippen molar-refractivity contribution in [1.82, 2.24) is 5.43 Å². The summed E-state index contributed by atoms with van der Waals surface area (Å²) in [6, 6.07) is 2.57. The van der Waals surface area contributed by atoms with Crippen LogP contribution in [0.3, 0.4) is 0 Å². The van der Waals surface area contributed by atoms with Gasteiger partial charge in [0.1, 0.15) is 5.82 Å². The van der Waals surface area contributed by atoms with E-state index in [1.807, 2.05) is 6.08 Å². The van der Waals surface area contributed by atoms with Gasteiger partial charge in [-0.3, -0.25) is 11.3 Å². The second kappa shape index (κ2) is 8.14. The van der Waals surface area contributed by atoms with E-state index < -0.39 is 23.6 Å². The highest BCUT2D eigenvalue weighted by atomic mass is 19.4. The standard InChI is InChI=1S/C15H20F4N2/c1-2-3-4-5-6-7-14(21-20)11-8-9-13(16)12(10-11)15(17,18)19/h2,8-10,14,21H,1,3-7,20H2. The highest BCUT2D eigenvalue weighted by Crippen LogP contribution is 2.33. The van der Waals surface area contributed by atoms with Crippen molar-refractivity contribution in [3.05, 3.63) is 47.8 Å². The third-order valence-electron chi connectivity index (χ3n) is 3.30. The van der Waals surface area contributed by atoms with Crippen LogP contribution in [0, 0.1) is 5.82 Å². The van der Waals surface area contributed by atoms with Gasteiger partial charge in [0, 0.05) is 6.04 Å². The number of allylic oxidation sites excluding steroid dienone is 1. The third-order valence-corrected chi connectivity index (χ3v) is 3.30. The molecule has 2 nitrogen and oxygen atoms in total. The van der Waals surface area contributed by atoms with Crippen LogP contribution in [0.5, 0.6) is 0 Å². The minimum absolute atomic E-state index is 0.343. The van der Waals surface area contributed by atoms with Crippen LogP contribution in [0.1, 0.15) is 49.3 Å². The molecule has 21 heavy (non-hydrogen) atoms. The summed E-state index contributed by atoms with van der Waals surface area (Å²) in [7, 11) is 0. The summed E-state index contributed by atoms with van der Waals surface area (Å²) in [5, 5.41) is 0.